The van der Waals surface area contributed by atoms with E-state index in [-0.39, 0.29) is 4.90 Å². The molecule has 108 valence electrons. The van der Waals surface area contributed by atoms with E-state index in [2.05, 4.69) is 18.6 Å². The number of anilines is 1. The molecule has 1 unspecified atom stereocenters. The lowest BCUT2D eigenvalue weighted by atomic mass is 9.99. The van der Waals surface area contributed by atoms with E-state index in [0.29, 0.717) is 24.1 Å². The first-order valence-electron chi connectivity index (χ1n) is 6.66. The fourth-order valence-corrected chi connectivity index (χ4v) is 2.80. The highest BCUT2D eigenvalue weighted by molar-refractivity contribution is 7.89. The Labute approximate surface area is 116 Å². The first-order chi connectivity index (χ1) is 8.77. The van der Waals surface area contributed by atoms with Crippen LogP contribution in [-0.2, 0) is 16.4 Å². The number of nitrogens with two attached hydrogens (primary N) is 1. The van der Waals surface area contributed by atoms with Crippen molar-refractivity contribution in [2.24, 2.45) is 11.8 Å². The van der Waals surface area contributed by atoms with E-state index in [0.717, 1.165) is 12.0 Å². The van der Waals surface area contributed by atoms with Gasteiger partial charge in [-0.1, -0.05) is 33.8 Å². The summed E-state index contributed by atoms with van der Waals surface area (Å²) in [5.41, 5.74) is 7.34. The third-order valence-electron chi connectivity index (χ3n) is 3.54. The summed E-state index contributed by atoms with van der Waals surface area (Å²) in [4.78, 5) is 0.234. The van der Waals surface area contributed by atoms with Crippen LogP contribution in [0.3, 0.4) is 0 Å². The minimum atomic E-state index is -3.47. The van der Waals surface area contributed by atoms with Crippen molar-refractivity contribution in [3.63, 3.8) is 0 Å². The predicted molar refractivity (Wildman–Crippen MR) is 79.4 cm³/mol. The number of sulfonamides is 1. The molecule has 0 fully saturated rings. The summed E-state index contributed by atoms with van der Waals surface area (Å²) in [7, 11) is -3.47. The Kier molecular flexibility index (Phi) is 5.38. The van der Waals surface area contributed by atoms with E-state index >= 15 is 0 Å². The molecule has 0 saturated heterocycles. The molecule has 1 atom stereocenters. The number of hydrogen-bond donors (Lipinski definition) is 2. The third-order valence-corrected chi connectivity index (χ3v) is 4.96. The van der Waals surface area contributed by atoms with Crippen molar-refractivity contribution in [2.75, 3.05) is 12.3 Å². The summed E-state index contributed by atoms with van der Waals surface area (Å²) in [6, 6.07) is 4.91. The number of nitrogens with one attached hydrogen (secondary N) is 1. The van der Waals surface area contributed by atoms with Gasteiger partial charge in [0.1, 0.15) is 0 Å². The minimum Gasteiger partial charge on any atom is -0.398 e. The van der Waals surface area contributed by atoms with Gasteiger partial charge in [-0.2, -0.15) is 0 Å². The standard InChI is InChI=1S/C14H24N2O2S/c1-5-12-6-7-13(8-14(12)15)19(17,18)16-9-11(4)10(2)3/h6-8,10-11,16H,5,9,15H2,1-4H3. The molecule has 4 nitrogen and oxygen atoms in total. The second-order valence-corrected chi connectivity index (χ2v) is 7.05. The minimum absolute atomic E-state index is 0.234. The highest BCUT2D eigenvalue weighted by atomic mass is 32.2. The Balaban J connectivity index is 2.86. The molecule has 1 aromatic rings. The summed E-state index contributed by atoms with van der Waals surface area (Å²) in [6.45, 7) is 8.61. The number of hydrogen-bond acceptors (Lipinski definition) is 3. The molecule has 0 saturated carbocycles. The number of rotatable bonds is 6. The molecule has 0 spiro atoms. The second kappa shape index (κ2) is 6.39. The molecule has 0 aliphatic heterocycles. The molecule has 1 rings (SSSR count). The lowest BCUT2D eigenvalue weighted by molar-refractivity contribution is 0.414. The van der Waals surface area contributed by atoms with E-state index in [1.165, 1.54) is 6.07 Å². The Hall–Kier alpha value is -1.07. The van der Waals surface area contributed by atoms with E-state index in [9.17, 15) is 8.42 Å². The maximum atomic E-state index is 12.1. The average Bonchev–Trinajstić information content (AvgIpc) is 2.35. The maximum Gasteiger partial charge on any atom is 0.240 e. The first kappa shape index (κ1) is 16.0. The van der Waals surface area contributed by atoms with E-state index in [1.54, 1.807) is 12.1 Å². The SMILES string of the molecule is CCc1ccc(S(=O)(=O)NCC(C)C(C)C)cc1N. The Bertz CT molecular complexity index is 524. The Morgan fingerprint density at radius 2 is 1.89 bits per heavy atom. The summed E-state index contributed by atoms with van der Waals surface area (Å²) in [6.07, 6.45) is 0.796. The maximum absolute atomic E-state index is 12.1. The third kappa shape index (κ3) is 4.21. The van der Waals surface area contributed by atoms with Crippen LogP contribution in [0.5, 0.6) is 0 Å². The van der Waals surface area contributed by atoms with Gasteiger partial charge >= 0.3 is 0 Å². The molecule has 0 heterocycles. The molecule has 5 heteroatoms. The lowest BCUT2D eigenvalue weighted by Crippen LogP contribution is -2.30. The molecule has 1 aromatic carbocycles. The van der Waals surface area contributed by atoms with Crippen LogP contribution < -0.4 is 10.5 Å². The van der Waals surface area contributed by atoms with Gasteiger partial charge in [-0.25, -0.2) is 13.1 Å². The molecule has 0 aliphatic rings. The average molecular weight is 284 g/mol. The predicted octanol–water partition coefficient (Wildman–Crippen LogP) is 2.40. The summed E-state index contributed by atoms with van der Waals surface area (Å²) in [5, 5.41) is 0. The topological polar surface area (TPSA) is 72.2 Å². The van der Waals surface area contributed by atoms with Gasteiger partial charge in [-0.05, 0) is 36.0 Å². The molecule has 19 heavy (non-hydrogen) atoms. The van der Waals surface area contributed by atoms with Gasteiger partial charge < -0.3 is 5.73 Å². The highest BCUT2D eigenvalue weighted by Gasteiger charge is 2.17. The Morgan fingerprint density at radius 1 is 1.26 bits per heavy atom. The van der Waals surface area contributed by atoms with Gasteiger partial charge in [0.05, 0.1) is 4.90 Å². The molecule has 0 aliphatic carbocycles. The zero-order chi connectivity index (χ0) is 14.6. The number of nitrogen functional groups attached to an aromatic ring is 1. The molecule has 0 bridgehead atoms. The van der Waals surface area contributed by atoms with Crippen LogP contribution in [0, 0.1) is 11.8 Å². The lowest BCUT2D eigenvalue weighted by Gasteiger charge is -2.16. The fourth-order valence-electron chi connectivity index (χ4n) is 1.62. The van der Waals surface area contributed by atoms with Crippen molar-refractivity contribution in [3.8, 4) is 0 Å². The molecular weight excluding hydrogens is 260 g/mol. The van der Waals surface area contributed by atoms with Crippen molar-refractivity contribution in [1.82, 2.24) is 4.72 Å². The van der Waals surface area contributed by atoms with Crippen LogP contribution in [0.1, 0.15) is 33.3 Å². The first-order valence-corrected chi connectivity index (χ1v) is 8.14. The summed E-state index contributed by atoms with van der Waals surface area (Å²) >= 11 is 0. The summed E-state index contributed by atoms with van der Waals surface area (Å²) in [5.74, 6) is 0.734. The van der Waals surface area contributed by atoms with E-state index < -0.39 is 10.0 Å². The number of aryl methyl sites for hydroxylation is 1. The van der Waals surface area contributed by atoms with Crippen LogP contribution in [0.15, 0.2) is 23.1 Å². The van der Waals surface area contributed by atoms with Gasteiger partial charge in [0.15, 0.2) is 0 Å². The summed E-state index contributed by atoms with van der Waals surface area (Å²) < 4.78 is 26.9. The monoisotopic (exact) mass is 284 g/mol. The zero-order valence-electron chi connectivity index (χ0n) is 12.1. The van der Waals surface area contributed by atoms with Crippen molar-refractivity contribution < 1.29 is 8.42 Å². The largest absolute Gasteiger partial charge is 0.398 e. The van der Waals surface area contributed by atoms with Crippen molar-refractivity contribution in [1.29, 1.82) is 0 Å². The fraction of sp³-hybridized carbons (Fsp3) is 0.571. The van der Waals surface area contributed by atoms with Gasteiger partial charge in [0.2, 0.25) is 10.0 Å². The van der Waals surface area contributed by atoms with Crippen LogP contribution in [0.4, 0.5) is 5.69 Å². The molecular formula is C14H24N2O2S. The Morgan fingerprint density at radius 3 is 2.37 bits per heavy atom. The van der Waals surface area contributed by atoms with E-state index in [4.69, 9.17) is 5.73 Å². The van der Waals surface area contributed by atoms with Crippen molar-refractivity contribution in [3.05, 3.63) is 23.8 Å². The van der Waals surface area contributed by atoms with Crippen molar-refractivity contribution in [2.45, 2.75) is 39.0 Å². The van der Waals surface area contributed by atoms with Gasteiger partial charge in [-0.3, -0.25) is 0 Å². The van der Waals surface area contributed by atoms with Gasteiger partial charge in [0.25, 0.3) is 0 Å². The zero-order valence-corrected chi connectivity index (χ0v) is 12.9. The van der Waals surface area contributed by atoms with Crippen LogP contribution in [0.2, 0.25) is 0 Å². The highest BCUT2D eigenvalue weighted by Crippen LogP contribution is 2.19. The normalized spacial score (nSPS) is 13.7. The molecule has 3 N–H and O–H groups in total. The van der Waals surface area contributed by atoms with Crippen LogP contribution in [-0.4, -0.2) is 15.0 Å². The molecule has 0 radical (unpaired) electrons. The van der Waals surface area contributed by atoms with Gasteiger partial charge in [0, 0.05) is 12.2 Å². The molecule has 0 amide bonds. The quantitative estimate of drug-likeness (QED) is 0.788. The second-order valence-electron chi connectivity index (χ2n) is 5.29. The van der Waals surface area contributed by atoms with Crippen molar-refractivity contribution >= 4 is 15.7 Å². The van der Waals surface area contributed by atoms with Crippen LogP contribution >= 0.6 is 0 Å². The number of benzene rings is 1. The van der Waals surface area contributed by atoms with E-state index in [1.807, 2.05) is 13.8 Å². The smallest absolute Gasteiger partial charge is 0.240 e. The molecule has 0 aromatic heterocycles. The van der Waals surface area contributed by atoms with Gasteiger partial charge in [-0.15, -0.1) is 0 Å². The van der Waals surface area contributed by atoms with Crippen LogP contribution in [0.25, 0.3) is 0 Å².